The molecule has 0 spiro atoms. The van der Waals surface area contributed by atoms with E-state index < -0.39 is 46.9 Å². The Morgan fingerprint density at radius 2 is 1.27 bits per heavy atom. The van der Waals surface area contributed by atoms with Crippen LogP contribution in [0, 0.1) is 5.82 Å². The van der Waals surface area contributed by atoms with Crippen LogP contribution in [0.15, 0.2) is 60.7 Å². The van der Waals surface area contributed by atoms with Gasteiger partial charge in [-0.3, -0.25) is 4.79 Å². The highest BCUT2D eigenvalue weighted by Gasteiger charge is 2.32. The summed E-state index contributed by atoms with van der Waals surface area (Å²) in [5, 5.41) is 6.55. The molecular weight excluding hydrogens is 551 g/mol. The quantitative estimate of drug-likeness (QED) is 0.207. The SMILES string of the molecule is COc1ccc(C(F)(F)F)cc1NC(=O)/C=C/c1cccc(F)c1NC(=O)Nc1cc(C(F)(F)F)ccc1OC. The summed E-state index contributed by atoms with van der Waals surface area (Å²) in [4.78, 5) is 25.0. The van der Waals surface area contributed by atoms with Crippen LogP contribution in [0.1, 0.15) is 16.7 Å². The highest BCUT2D eigenvalue weighted by molar-refractivity contribution is 6.05. The Balaban J connectivity index is 1.81. The third-order valence-corrected chi connectivity index (χ3v) is 5.26. The molecule has 3 rings (SSSR count). The molecule has 40 heavy (non-hydrogen) atoms. The van der Waals surface area contributed by atoms with Gasteiger partial charge in [0.1, 0.15) is 17.3 Å². The number of hydrogen-bond donors (Lipinski definition) is 3. The van der Waals surface area contributed by atoms with Crippen LogP contribution < -0.4 is 25.4 Å². The summed E-state index contributed by atoms with van der Waals surface area (Å²) < 4.78 is 103. The fourth-order valence-corrected chi connectivity index (χ4v) is 3.38. The minimum atomic E-state index is -4.71. The standard InChI is InChI=1S/C26H20F7N3O4/c1-39-20-9-7-15(25(28,29)30)12-18(20)34-22(37)11-6-14-4-3-5-17(27)23(14)36-24(38)35-19-13-16(26(31,32)33)8-10-21(19)40-2/h3-13H,1-2H3,(H,34,37)(H2,35,36,38)/b11-6+. The molecule has 212 valence electrons. The smallest absolute Gasteiger partial charge is 0.416 e. The van der Waals surface area contributed by atoms with E-state index in [2.05, 4.69) is 16.0 Å². The number of anilines is 3. The maximum Gasteiger partial charge on any atom is 0.416 e. The van der Waals surface area contributed by atoms with Crippen molar-refractivity contribution >= 4 is 35.1 Å². The van der Waals surface area contributed by atoms with Crippen molar-refractivity contribution in [3.63, 3.8) is 0 Å². The molecule has 0 atom stereocenters. The minimum Gasteiger partial charge on any atom is -0.495 e. The second kappa shape index (κ2) is 12.0. The fourth-order valence-electron chi connectivity index (χ4n) is 3.38. The molecule has 3 aromatic carbocycles. The van der Waals surface area contributed by atoms with Gasteiger partial charge < -0.3 is 25.4 Å². The highest BCUT2D eigenvalue weighted by Crippen LogP contribution is 2.36. The number of nitrogens with one attached hydrogen (secondary N) is 3. The number of rotatable bonds is 7. The summed E-state index contributed by atoms with van der Waals surface area (Å²) in [5.74, 6) is -2.01. The number of methoxy groups -OCH3 is 2. The fraction of sp³-hybridized carbons (Fsp3) is 0.154. The molecular formula is C26H20F7N3O4. The third kappa shape index (κ3) is 7.42. The molecule has 0 aromatic heterocycles. The molecule has 0 saturated carbocycles. The molecule has 0 bridgehead atoms. The van der Waals surface area contributed by atoms with E-state index >= 15 is 0 Å². The van der Waals surface area contributed by atoms with E-state index in [4.69, 9.17) is 9.47 Å². The van der Waals surface area contributed by atoms with Gasteiger partial charge >= 0.3 is 18.4 Å². The summed E-state index contributed by atoms with van der Waals surface area (Å²) in [6.07, 6.45) is -7.45. The molecule has 0 heterocycles. The van der Waals surface area contributed by atoms with Gasteiger partial charge in [-0.05, 0) is 48.5 Å². The van der Waals surface area contributed by atoms with E-state index in [0.717, 1.165) is 42.5 Å². The van der Waals surface area contributed by atoms with E-state index in [1.54, 1.807) is 0 Å². The number of para-hydroxylation sites is 1. The zero-order valence-electron chi connectivity index (χ0n) is 20.6. The number of benzene rings is 3. The first kappa shape index (κ1) is 29.8. The normalized spacial score (nSPS) is 11.7. The van der Waals surface area contributed by atoms with Gasteiger partial charge in [-0.1, -0.05) is 12.1 Å². The Morgan fingerprint density at radius 3 is 1.77 bits per heavy atom. The van der Waals surface area contributed by atoms with Gasteiger partial charge in [-0.25, -0.2) is 9.18 Å². The topological polar surface area (TPSA) is 88.7 Å². The molecule has 0 radical (unpaired) electrons. The van der Waals surface area contributed by atoms with Gasteiger partial charge in [0.15, 0.2) is 0 Å². The first-order chi connectivity index (χ1) is 18.7. The van der Waals surface area contributed by atoms with Gasteiger partial charge in [-0.15, -0.1) is 0 Å². The van der Waals surface area contributed by atoms with Crippen molar-refractivity contribution in [1.29, 1.82) is 0 Å². The van der Waals surface area contributed by atoms with Gasteiger partial charge in [-0.2, -0.15) is 26.3 Å². The summed E-state index contributed by atoms with van der Waals surface area (Å²) in [7, 11) is 2.37. The van der Waals surface area contributed by atoms with Crippen LogP contribution in [-0.4, -0.2) is 26.2 Å². The maximum atomic E-state index is 14.6. The van der Waals surface area contributed by atoms with Crippen molar-refractivity contribution in [2.75, 3.05) is 30.2 Å². The third-order valence-electron chi connectivity index (χ3n) is 5.26. The van der Waals surface area contributed by atoms with Gasteiger partial charge in [0.25, 0.3) is 0 Å². The minimum absolute atomic E-state index is 0.0442. The molecule has 0 aliphatic carbocycles. The molecule has 0 unspecified atom stereocenters. The number of hydrogen-bond acceptors (Lipinski definition) is 4. The average molecular weight is 571 g/mol. The van der Waals surface area contributed by atoms with Crippen molar-refractivity contribution in [3.8, 4) is 11.5 Å². The second-order valence-corrected chi connectivity index (χ2v) is 7.93. The van der Waals surface area contributed by atoms with Gasteiger partial charge in [0, 0.05) is 11.6 Å². The number of carbonyl (C=O) groups excluding carboxylic acids is 2. The molecule has 3 aromatic rings. The number of carbonyl (C=O) groups is 2. The molecule has 0 aliphatic rings. The van der Waals surface area contributed by atoms with Crippen molar-refractivity contribution in [2.24, 2.45) is 0 Å². The van der Waals surface area contributed by atoms with Crippen LogP contribution in [0.25, 0.3) is 6.08 Å². The van der Waals surface area contributed by atoms with E-state index in [9.17, 15) is 40.3 Å². The number of amides is 3. The van der Waals surface area contributed by atoms with E-state index in [1.807, 2.05) is 0 Å². The second-order valence-electron chi connectivity index (χ2n) is 7.93. The zero-order valence-corrected chi connectivity index (χ0v) is 20.6. The predicted molar refractivity (Wildman–Crippen MR) is 133 cm³/mol. The monoisotopic (exact) mass is 571 g/mol. The lowest BCUT2D eigenvalue weighted by Gasteiger charge is -2.15. The van der Waals surface area contributed by atoms with Gasteiger partial charge in [0.05, 0.1) is 42.4 Å². The van der Waals surface area contributed by atoms with Gasteiger partial charge in [0.2, 0.25) is 5.91 Å². The number of halogens is 7. The Morgan fingerprint density at radius 1 is 0.750 bits per heavy atom. The molecule has 7 nitrogen and oxygen atoms in total. The summed E-state index contributed by atoms with van der Waals surface area (Å²) in [6, 6.07) is 7.25. The lowest BCUT2D eigenvalue weighted by atomic mass is 10.1. The molecule has 3 N–H and O–H groups in total. The first-order valence-electron chi connectivity index (χ1n) is 11.1. The molecule has 0 aliphatic heterocycles. The summed E-state index contributed by atoms with van der Waals surface area (Å²) in [6.45, 7) is 0. The van der Waals surface area contributed by atoms with E-state index in [-0.39, 0.29) is 28.4 Å². The summed E-state index contributed by atoms with van der Waals surface area (Å²) >= 11 is 0. The Bertz CT molecular complexity index is 1440. The van der Waals surface area contributed by atoms with Crippen LogP contribution in [0.3, 0.4) is 0 Å². The molecule has 0 saturated heterocycles. The number of alkyl halides is 6. The molecule has 0 fully saturated rings. The van der Waals surface area contributed by atoms with E-state index in [0.29, 0.717) is 12.1 Å². The van der Waals surface area contributed by atoms with Crippen LogP contribution in [0.5, 0.6) is 11.5 Å². The average Bonchev–Trinajstić information content (AvgIpc) is 2.88. The van der Waals surface area contributed by atoms with Crippen LogP contribution in [-0.2, 0) is 17.1 Å². The molecule has 14 heteroatoms. The van der Waals surface area contributed by atoms with Crippen LogP contribution in [0.4, 0.5) is 52.6 Å². The van der Waals surface area contributed by atoms with Crippen molar-refractivity contribution in [3.05, 3.63) is 83.2 Å². The predicted octanol–water partition coefficient (Wildman–Crippen LogP) is 7.18. The lowest BCUT2D eigenvalue weighted by Crippen LogP contribution is -2.21. The Hall–Kier alpha value is -4.75. The van der Waals surface area contributed by atoms with E-state index in [1.165, 1.54) is 26.4 Å². The highest BCUT2D eigenvalue weighted by atomic mass is 19.4. The first-order valence-corrected chi connectivity index (χ1v) is 11.1. The van der Waals surface area contributed by atoms with Crippen molar-refractivity contribution in [1.82, 2.24) is 0 Å². The Labute approximate surface area is 222 Å². The Kier molecular flexibility index (Phi) is 8.92. The summed E-state index contributed by atoms with van der Waals surface area (Å²) in [5.41, 5.74) is -3.21. The van der Waals surface area contributed by atoms with Crippen molar-refractivity contribution < 1.29 is 49.8 Å². The largest absolute Gasteiger partial charge is 0.495 e. The lowest BCUT2D eigenvalue weighted by molar-refractivity contribution is -0.138. The van der Waals surface area contributed by atoms with Crippen LogP contribution >= 0.6 is 0 Å². The van der Waals surface area contributed by atoms with Crippen molar-refractivity contribution in [2.45, 2.75) is 12.4 Å². The zero-order chi connectivity index (χ0) is 29.7. The number of urea groups is 1. The maximum absolute atomic E-state index is 14.6. The van der Waals surface area contributed by atoms with Crippen LogP contribution in [0.2, 0.25) is 0 Å². The molecule has 3 amide bonds. The number of ether oxygens (including phenoxy) is 2.